The summed E-state index contributed by atoms with van der Waals surface area (Å²) < 4.78 is 42.4. The summed E-state index contributed by atoms with van der Waals surface area (Å²) in [6.45, 7) is 0.821. The molecule has 0 saturated heterocycles. The number of nitrogens with zero attached hydrogens (tertiary/aromatic N) is 1. The minimum atomic E-state index is -4.42. The monoisotopic (exact) mass is 290 g/mol. The number of nitrogens with one attached hydrogen (secondary N) is 1. The molecule has 0 fully saturated rings. The molecule has 20 heavy (non-hydrogen) atoms. The lowest BCUT2D eigenvalue weighted by atomic mass is 10.2. The molecule has 1 aromatic carbocycles. The zero-order valence-electron chi connectivity index (χ0n) is 11.3. The first-order chi connectivity index (χ1) is 9.29. The number of ether oxygens (including phenoxy) is 1. The fourth-order valence-corrected chi connectivity index (χ4v) is 1.38. The van der Waals surface area contributed by atoms with Gasteiger partial charge in [0.1, 0.15) is 5.75 Å². The summed E-state index contributed by atoms with van der Waals surface area (Å²) >= 11 is 0. The summed E-state index contributed by atoms with van der Waals surface area (Å²) in [6, 6.07) is 4.43. The van der Waals surface area contributed by atoms with Gasteiger partial charge in [-0.2, -0.15) is 13.2 Å². The normalized spacial score (nSPS) is 11.5. The molecule has 0 radical (unpaired) electrons. The first kappa shape index (κ1) is 16.3. The summed E-state index contributed by atoms with van der Waals surface area (Å²) in [5, 5.41) is 2.60. The molecule has 4 nitrogen and oxygen atoms in total. The van der Waals surface area contributed by atoms with E-state index in [-0.39, 0.29) is 18.3 Å². The van der Waals surface area contributed by atoms with Crippen molar-refractivity contribution in [1.82, 2.24) is 10.2 Å². The van der Waals surface area contributed by atoms with E-state index in [1.54, 1.807) is 0 Å². The molecule has 1 N–H and O–H groups in total. The molecule has 1 amide bonds. The van der Waals surface area contributed by atoms with Crippen LogP contribution in [-0.4, -0.2) is 44.6 Å². The van der Waals surface area contributed by atoms with E-state index in [1.165, 1.54) is 12.1 Å². The molecule has 0 heterocycles. The van der Waals surface area contributed by atoms with Gasteiger partial charge in [0.05, 0.1) is 5.56 Å². The lowest BCUT2D eigenvalue weighted by Crippen LogP contribution is -2.34. The molecule has 1 rings (SSSR count). The Morgan fingerprint density at radius 2 is 2.05 bits per heavy atom. The van der Waals surface area contributed by atoms with Crippen LogP contribution in [0.3, 0.4) is 0 Å². The van der Waals surface area contributed by atoms with Gasteiger partial charge in [-0.25, -0.2) is 0 Å². The van der Waals surface area contributed by atoms with Crippen LogP contribution in [0.5, 0.6) is 5.75 Å². The third-order valence-electron chi connectivity index (χ3n) is 2.41. The molecule has 0 aliphatic carbocycles. The van der Waals surface area contributed by atoms with Gasteiger partial charge in [-0.15, -0.1) is 0 Å². The van der Waals surface area contributed by atoms with Crippen LogP contribution in [0.4, 0.5) is 13.2 Å². The highest BCUT2D eigenvalue weighted by molar-refractivity contribution is 5.77. The average molecular weight is 290 g/mol. The van der Waals surface area contributed by atoms with Crippen LogP contribution in [0.2, 0.25) is 0 Å². The summed E-state index contributed by atoms with van der Waals surface area (Å²) in [5.41, 5.74) is -0.803. The number of hydrogen-bond donors (Lipinski definition) is 1. The van der Waals surface area contributed by atoms with E-state index in [9.17, 15) is 18.0 Å². The van der Waals surface area contributed by atoms with Crippen LogP contribution in [-0.2, 0) is 11.0 Å². The number of carbonyl (C=O) groups excluding carboxylic acids is 1. The second-order valence-electron chi connectivity index (χ2n) is 4.47. The summed E-state index contributed by atoms with van der Waals surface area (Å²) in [4.78, 5) is 13.3. The number of rotatable bonds is 6. The Morgan fingerprint density at radius 1 is 1.35 bits per heavy atom. The second kappa shape index (κ2) is 7.14. The fourth-order valence-electron chi connectivity index (χ4n) is 1.38. The average Bonchev–Trinajstić information content (AvgIpc) is 2.35. The number of likely N-dealkylation sites (N-methyl/N-ethyl adjacent to an activating group) is 1. The van der Waals surface area contributed by atoms with E-state index in [4.69, 9.17) is 4.74 Å². The Bertz CT molecular complexity index is 447. The number of benzene rings is 1. The maximum absolute atomic E-state index is 12.5. The Morgan fingerprint density at radius 3 is 2.65 bits per heavy atom. The van der Waals surface area contributed by atoms with Crippen molar-refractivity contribution in [3.05, 3.63) is 29.8 Å². The van der Waals surface area contributed by atoms with Crippen LogP contribution in [0.25, 0.3) is 0 Å². The molecule has 1 aromatic rings. The maximum atomic E-state index is 12.5. The van der Waals surface area contributed by atoms with Crippen LogP contribution < -0.4 is 10.1 Å². The summed E-state index contributed by atoms with van der Waals surface area (Å²) in [5.74, 6) is -0.355. The van der Waals surface area contributed by atoms with Crippen molar-refractivity contribution >= 4 is 5.91 Å². The van der Waals surface area contributed by atoms with Gasteiger partial charge < -0.3 is 15.0 Å². The van der Waals surface area contributed by atoms with Gasteiger partial charge in [0.15, 0.2) is 6.61 Å². The summed E-state index contributed by atoms with van der Waals surface area (Å²) in [7, 11) is 3.73. The second-order valence-corrected chi connectivity index (χ2v) is 4.47. The van der Waals surface area contributed by atoms with Crippen LogP contribution in [0.1, 0.15) is 5.56 Å². The zero-order valence-corrected chi connectivity index (χ0v) is 11.3. The fraction of sp³-hybridized carbons (Fsp3) is 0.462. The lowest BCUT2D eigenvalue weighted by molar-refractivity contribution is -0.137. The number of amides is 1. The van der Waals surface area contributed by atoms with Crippen molar-refractivity contribution in [2.45, 2.75) is 6.18 Å². The third-order valence-corrected chi connectivity index (χ3v) is 2.41. The molecule has 0 spiro atoms. The van der Waals surface area contributed by atoms with Gasteiger partial charge in [0, 0.05) is 13.1 Å². The summed E-state index contributed by atoms with van der Waals surface area (Å²) in [6.07, 6.45) is -4.42. The van der Waals surface area contributed by atoms with Crippen molar-refractivity contribution in [2.75, 3.05) is 33.8 Å². The molecule has 0 bridgehead atoms. The topological polar surface area (TPSA) is 41.6 Å². The lowest BCUT2D eigenvalue weighted by Gasteiger charge is -2.12. The standard InChI is InChI=1S/C13H17F3N2O2/c1-18(2)7-6-17-12(19)9-20-11-5-3-4-10(8-11)13(14,15)16/h3-5,8H,6-7,9H2,1-2H3,(H,17,19). The zero-order chi connectivity index (χ0) is 15.2. The van der Waals surface area contributed by atoms with Gasteiger partial charge in [-0.3, -0.25) is 4.79 Å². The van der Waals surface area contributed by atoms with Crippen molar-refractivity contribution < 1.29 is 22.7 Å². The molecular weight excluding hydrogens is 273 g/mol. The van der Waals surface area contributed by atoms with Gasteiger partial charge >= 0.3 is 6.18 Å². The molecule has 0 saturated carbocycles. The molecule has 0 aliphatic rings. The van der Waals surface area contributed by atoms with Crippen molar-refractivity contribution in [3.8, 4) is 5.75 Å². The number of hydrogen-bond acceptors (Lipinski definition) is 3. The van der Waals surface area contributed by atoms with Crippen LogP contribution in [0, 0.1) is 0 Å². The number of alkyl halides is 3. The quantitative estimate of drug-likeness (QED) is 0.868. The van der Waals surface area contributed by atoms with Crippen LogP contribution >= 0.6 is 0 Å². The molecule has 0 aromatic heterocycles. The van der Waals surface area contributed by atoms with Gasteiger partial charge in [-0.1, -0.05) is 6.07 Å². The Kier molecular flexibility index (Phi) is 5.82. The van der Waals surface area contributed by atoms with Crippen LogP contribution in [0.15, 0.2) is 24.3 Å². The van der Waals surface area contributed by atoms with Gasteiger partial charge in [0.2, 0.25) is 0 Å². The minimum Gasteiger partial charge on any atom is -0.484 e. The predicted octanol–water partition coefficient (Wildman–Crippen LogP) is 1.76. The Balaban J connectivity index is 2.44. The first-order valence-corrected chi connectivity index (χ1v) is 6.00. The molecule has 0 atom stereocenters. The third kappa shape index (κ3) is 5.92. The van der Waals surface area contributed by atoms with Gasteiger partial charge in [0.25, 0.3) is 5.91 Å². The van der Waals surface area contributed by atoms with Gasteiger partial charge in [-0.05, 0) is 32.3 Å². The minimum absolute atomic E-state index is 0.0163. The molecule has 0 unspecified atom stereocenters. The smallest absolute Gasteiger partial charge is 0.416 e. The van der Waals surface area contributed by atoms with Crippen molar-refractivity contribution in [2.24, 2.45) is 0 Å². The SMILES string of the molecule is CN(C)CCNC(=O)COc1cccc(C(F)(F)F)c1. The highest BCUT2D eigenvalue weighted by atomic mass is 19.4. The van der Waals surface area contributed by atoms with E-state index in [1.807, 2.05) is 19.0 Å². The van der Waals surface area contributed by atoms with E-state index in [0.29, 0.717) is 13.1 Å². The molecule has 112 valence electrons. The first-order valence-electron chi connectivity index (χ1n) is 6.00. The van der Waals surface area contributed by atoms with E-state index in [2.05, 4.69) is 5.32 Å². The molecule has 7 heteroatoms. The Hall–Kier alpha value is -1.76. The number of carbonyl (C=O) groups is 1. The van der Waals surface area contributed by atoms with E-state index < -0.39 is 11.7 Å². The van der Waals surface area contributed by atoms with Crippen molar-refractivity contribution in [1.29, 1.82) is 0 Å². The van der Waals surface area contributed by atoms with Crippen molar-refractivity contribution in [3.63, 3.8) is 0 Å². The largest absolute Gasteiger partial charge is 0.484 e. The number of halogens is 3. The van der Waals surface area contributed by atoms with E-state index >= 15 is 0 Å². The highest BCUT2D eigenvalue weighted by Gasteiger charge is 2.30. The van der Waals surface area contributed by atoms with E-state index in [0.717, 1.165) is 12.1 Å². The highest BCUT2D eigenvalue weighted by Crippen LogP contribution is 2.31. The maximum Gasteiger partial charge on any atom is 0.416 e. The Labute approximate surface area is 115 Å². The predicted molar refractivity (Wildman–Crippen MR) is 68.5 cm³/mol. The molecule has 0 aliphatic heterocycles. The molecular formula is C13H17F3N2O2.